The summed E-state index contributed by atoms with van der Waals surface area (Å²) in [7, 11) is 0. The molecule has 1 saturated heterocycles. The number of likely N-dealkylation sites (tertiary alicyclic amines) is 1. The normalized spacial score (nSPS) is 24.2. The molecule has 0 spiro atoms. The van der Waals surface area contributed by atoms with Gasteiger partial charge in [0.25, 0.3) is 0 Å². The molecule has 4 nitrogen and oxygen atoms in total. The van der Waals surface area contributed by atoms with Gasteiger partial charge in [-0.15, -0.1) is 0 Å². The van der Waals surface area contributed by atoms with Crippen molar-refractivity contribution in [1.29, 1.82) is 0 Å². The summed E-state index contributed by atoms with van der Waals surface area (Å²) >= 11 is 0. The maximum atomic E-state index is 11.0. The van der Waals surface area contributed by atoms with Crippen LogP contribution in [0.2, 0.25) is 0 Å². The monoisotopic (exact) mass is 261 g/mol. The molecule has 19 heavy (non-hydrogen) atoms. The molecule has 0 aliphatic carbocycles. The fraction of sp³-hybridized carbons (Fsp3) is 0.533. The van der Waals surface area contributed by atoms with Crippen molar-refractivity contribution < 1.29 is 14.3 Å². The number of hydrogen-bond acceptors (Lipinski definition) is 4. The summed E-state index contributed by atoms with van der Waals surface area (Å²) in [6.07, 6.45) is 3.21. The summed E-state index contributed by atoms with van der Waals surface area (Å²) in [5.74, 6) is 1.83. The Morgan fingerprint density at radius 3 is 3.05 bits per heavy atom. The van der Waals surface area contributed by atoms with Gasteiger partial charge in [0, 0.05) is 18.5 Å². The van der Waals surface area contributed by atoms with E-state index in [1.807, 2.05) is 6.07 Å². The van der Waals surface area contributed by atoms with Gasteiger partial charge in [0.1, 0.15) is 6.29 Å². The molecule has 1 fully saturated rings. The molecular weight excluding hydrogens is 242 g/mol. The summed E-state index contributed by atoms with van der Waals surface area (Å²) < 4.78 is 10.8. The maximum absolute atomic E-state index is 11.0. The fourth-order valence-electron chi connectivity index (χ4n) is 2.89. The molecule has 0 N–H and O–H groups in total. The van der Waals surface area contributed by atoms with Crippen molar-refractivity contribution in [3.8, 4) is 11.5 Å². The molecule has 1 aromatic rings. The SMILES string of the molecule is CC(c1ccc2c(c1)OCO2)N1CCCC(C=O)C1. The standard InChI is InChI=1S/C15H19NO3/c1-11(16-6-2-3-12(8-16)9-17)13-4-5-14-15(7-13)19-10-18-14/h4-5,7,9,11-12H,2-3,6,8,10H2,1H3. The molecule has 2 atom stereocenters. The Labute approximate surface area is 113 Å². The van der Waals surface area contributed by atoms with Gasteiger partial charge in [-0.1, -0.05) is 6.07 Å². The van der Waals surface area contributed by atoms with Gasteiger partial charge in [-0.05, 0) is 44.0 Å². The van der Waals surface area contributed by atoms with Crippen molar-refractivity contribution >= 4 is 6.29 Å². The molecule has 2 unspecified atom stereocenters. The summed E-state index contributed by atoms with van der Waals surface area (Å²) in [6, 6.07) is 6.41. The molecular formula is C15H19NO3. The Balaban J connectivity index is 1.76. The van der Waals surface area contributed by atoms with Crippen LogP contribution >= 0.6 is 0 Å². The van der Waals surface area contributed by atoms with E-state index in [-0.39, 0.29) is 5.92 Å². The van der Waals surface area contributed by atoms with Crippen LogP contribution in [0.1, 0.15) is 31.4 Å². The molecule has 0 aromatic heterocycles. The first-order valence-electron chi connectivity index (χ1n) is 6.87. The van der Waals surface area contributed by atoms with Crippen LogP contribution in [-0.4, -0.2) is 31.1 Å². The summed E-state index contributed by atoms with van der Waals surface area (Å²) in [5.41, 5.74) is 1.22. The quantitative estimate of drug-likeness (QED) is 0.783. The highest BCUT2D eigenvalue weighted by Crippen LogP contribution is 2.36. The zero-order valence-electron chi connectivity index (χ0n) is 11.2. The fourth-order valence-corrected chi connectivity index (χ4v) is 2.89. The van der Waals surface area contributed by atoms with Gasteiger partial charge >= 0.3 is 0 Å². The minimum Gasteiger partial charge on any atom is -0.454 e. The molecule has 0 amide bonds. The van der Waals surface area contributed by atoms with Crippen molar-refractivity contribution in [3.05, 3.63) is 23.8 Å². The Kier molecular flexibility index (Phi) is 3.42. The Morgan fingerprint density at radius 2 is 2.21 bits per heavy atom. The number of hydrogen-bond donors (Lipinski definition) is 0. The third-order valence-corrected chi connectivity index (χ3v) is 4.11. The van der Waals surface area contributed by atoms with Gasteiger partial charge in [-0.25, -0.2) is 0 Å². The highest BCUT2D eigenvalue weighted by molar-refractivity contribution is 5.54. The Hall–Kier alpha value is -1.55. The van der Waals surface area contributed by atoms with Gasteiger partial charge < -0.3 is 14.3 Å². The van der Waals surface area contributed by atoms with E-state index in [4.69, 9.17) is 9.47 Å². The van der Waals surface area contributed by atoms with E-state index in [1.165, 1.54) is 5.56 Å². The van der Waals surface area contributed by atoms with E-state index in [1.54, 1.807) is 0 Å². The van der Waals surface area contributed by atoms with Crippen LogP contribution in [0.15, 0.2) is 18.2 Å². The Morgan fingerprint density at radius 1 is 1.37 bits per heavy atom. The highest BCUT2D eigenvalue weighted by Gasteiger charge is 2.25. The van der Waals surface area contributed by atoms with Crippen molar-refractivity contribution in [1.82, 2.24) is 4.90 Å². The topological polar surface area (TPSA) is 38.8 Å². The predicted octanol–water partition coefficient (Wildman–Crippen LogP) is 2.39. The van der Waals surface area contributed by atoms with E-state index in [2.05, 4.69) is 24.0 Å². The summed E-state index contributed by atoms with van der Waals surface area (Å²) in [6.45, 7) is 4.41. The van der Waals surface area contributed by atoms with E-state index in [0.29, 0.717) is 12.8 Å². The number of fused-ring (bicyclic) bond motifs is 1. The minimum atomic E-state index is 0.185. The largest absolute Gasteiger partial charge is 0.454 e. The second-order valence-corrected chi connectivity index (χ2v) is 5.32. The molecule has 3 rings (SSSR count). The van der Waals surface area contributed by atoms with Gasteiger partial charge in [-0.3, -0.25) is 4.90 Å². The predicted molar refractivity (Wildman–Crippen MR) is 71.3 cm³/mol. The number of piperidine rings is 1. The molecule has 0 radical (unpaired) electrons. The minimum absolute atomic E-state index is 0.185. The van der Waals surface area contributed by atoms with E-state index >= 15 is 0 Å². The summed E-state index contributed by atoms with van der Waals surface area (Å²) in [5, 5.41) is 0. The number of benzene rings is 1. The lowest BCUT2D eigenvalue weighted by molar-refractivity contribution is -0.112. The van der Waals surface area contributed by atoms with Gasteiger partial charge in [0.2, 0.25) is 6.79 Å². The van der Waals surface area contributed by atoms with Crippen LogP contribution in [0.4, 0.5) is 0 Å². The first-order chi connectivity index (χ1) is 9.28. The zero-order valence-corrected chi connectivity index (χ0v) is 11.2. The molecule has 102 valence electrons. The number of ether oxygens (including phenoxy) is 2. The first kappa shape index (κ1) is 12.5. The van der Waals surface area contributed by atoms with Crippen LogP contribution in [0, 0.1) is 5.92 Å². The molecule has 2 aliphatic heterocycles. The van der Waals surface area contributed by atoms with Crippen molar-refractivity contribution in [2.75, 3.05) is 19.9 Å². The summed E-state index contributed by atoms with van der Waals surface area (Å²) in [4.78, 5) is 13.3. The number of carbonyl (C=O) groups excluding carboxylic acids is 1. The van der Waals surface area contributed by atoms with Crippen LogP contribution in [-0.2, 0) is 4.79 Å². The zero-order chi connectivity index (χ0) is 13.2. The van der Waals surface area contributed by atoms with Crippen LogP contribution in [0.25, 0.3) is 0 Å². The van der Waals surface area contributed by atoms with E-state index in [9.17, 15) is 4.79 Å². The molecule has 2 aliphatic rings. The number of rotatable bonds is 3. The average molecular weight is 261 g/mol. The Bertz CT molecular complexity index is 474. The highest BCUT2D eigenvalue weighted by atomic mass is 16.7. The molecule has 2 heterocycles. The van der Waals surface area contributed by atoms with Crippen molar-refractivity contribution in [2.24, 2.45) is 5.92 Å². The third-order valence-electron chi connectivity index (χ3n) is 4.11. The van der Waals surface area contributed by atoms with Crippen LogP contribution < -0.4 is 9.47 Å². The smallest absolute Gasteiger partial charge is 0.231 e. The van der Waals surface area contributed by atoms with E-state index in [0.717, 1.165) is 43.7 Å². The maximum Gasteiger partial charge on any atom is 0.231 e. The average Bonchev–Trinajstić information content (AvgIpc) is 2.94. The van der Waals surface area contributed by atoms with E-state index < -0.39 is 0 Å². The third kappa shape index (κ3) is 2.45. The molecule has 4 heteroatoms. The van der Waals surface area contributed by atoms with Crippen molar-refractivity contribution in [3.63, 3.8) is 0 Å². The molecule has 1 aromatic carbocycles. The number of carbonyl (C=O) groups is 1. The lowest BCUT2D eigenvalue weighted by Gasteiger charge is -2.35. The van der Waals surface area contributed by atoms with Gasteiger partial charge in [-0.2, -0.15) is 0 Å². The lowest BCUT2D eigenvalue weighted by atomic mass is 9.96. The second-order valence-electron chi connectivity index (χ2n) is 5.32. The second kappa shape index (κ2) is 5.21. The van der Waals surface area contributed by atoms with Crippen LogP contribution in [0.5, 0.6) is 11.5 Å². The number of nitrogens with zero attached hydrogens (tertiary/aromatic N) is 1. The van der Waals surface area contributed by atoms with Gasteiger partial charge in [0.05, 0.1) is 0 Å². The van der Waals surface area contributed by atoms with Crippen molar-refractivity contribution in [2.45, 2.75) is 25.8 Å². The number of aldehydes is 1. The lowest BCUT2D eigenvalue weighted by Crippen LogP contribution is -2.37. The molecule has 0 saturated carbocycles. The molecule has 0 bridgehead atoms. The van der Waals surface area contributed by atoms with Gasteiger partial charge in [0.15, 0.2) is 11.5 Å². The van der Waals surface area contributed by atoms with Crippen LogP contribution in [0.3, 0.4) is 0 Å². The first-order valence-corrected chi connectivity index (χ1v) is 6.87.